The van der Waals surface area contributed by atoms with Gasteiger partial charge in [-0.1, -0.05) is 0 Å². The fourth-order valence-electron chi connectivity index (χ4n) is 1.22. The number of benzene rings is 1. The van der Waals surface area contributed by atoms with Gasteiger partial charge in [0.1, 0.15) is 11.5 Å². The zero-order valence-corrected chi connectivity index (χ0v) is 9.03. The summed E-state index contributed by atoms with van der Waals surface area (Å²) in [4.78, 5) is 11.0. The molecule has 1 rings (SSSR count). The minimum absolute atomic E-state index is 0.214. The number of phenols is 1. The molecule has 0 unspecified atom stereocenters. The second-order valence-electron chi connectivity index (χ2n) is 3.19. The van der Waals surface area contributed by atoms with E-state index in [9.17, 15) is 9.90 Å². The smallest absolute Gasteiger partial charge is 0.507 e. The molecule has 1 aromatic rings. The summed E-state index contributed by atoms with van der Waals surface area (Å²) in [5.41, 5.74) is 1.32. The average Bonchev–Trinajstić information content (AvgIpc) is 2.14. The highest BCUT2D eigenvalue weighted by molar-refractivity contribution is 5.64. The quantitative estimate of drug-likeness (QED) is 0.602. The van der Waals surface area contributed by atoms with Crippen LogP contribution in [0.25, 0.3) is 0 Å². The maximum absolute atomic E-state index is 11.0. The van der Waals surface area contributed by atoms with Crippen molar-refractivity contribution in [3.63, 3.8) is 0 Å². The van der Waals surface area contributed by atoms with E-state index in [2.05, 4.69) is 4.74 Å². The molecule has 0 aromatic heterocycles. The van der Waals surface area contributed by atoms with Gasteiger partial charge in [-0.3, -0.25) is 0 Å². The van der Waals surface area contributed by atoms with E-state index in [1.165, 1.54) is 0 Å². The van der Waals surface area contributed by atoms with Gasteiger partial charge >= 0.3 is 6.16 Å². The molecule has 1 aromatic carbocycles. The highest BCUT2D eigenvalue weighted by atomic mass is 16.7. The van der Waals surface area contributed by atoms with Crippen molar-refractivity contribution in [2.24, 2.45) is 0 Å². The van der Waals surface area contributed by atoms with E-state index in [1.807, 2.05) is 0 Å². The van der Waals surface area contributed by atoms with E-state index in [-0.39, 0.29) is 12.4 Å². The van der Waals surface area contributed by atoms with Gasteiger partial charge in [-0.2, -0.15) is 0 Å². The summed E-state index contributed by atoms with van der Waals surface area (Å²) >= 11 is 0. The molecule has 0 saturated heterocycles. The normalized spacial score (nSPS) is 9.80. The largest absolute Gasteiger partial charge is 0.513 e. The van der Waals surface area contributed by atoms with Crippen molar-refractivity contribution in [2.45, 2.75) is 20.8 Å². The molecule has 0 spiro atoms. The zero-order valence-electron chi connectivity index (χ0n) is 9.03. The van der Waals surface area contributed by atoms with Crippen LogP contribution in [0.2, 0.25) is 0 Å². The number of hydrogen-bond acceptors (Lipinski definition) is 4. The average molecular weight is 210 g/mol. The Morgan fingerprint density at radius 2 is 1.87 bits per heavy atom. The standard InChI is InChI=1S/C11H14O4/c1-4-14-11(13)15-9-5-7(2)10(12)8(3)6-9/h5-6,12H,4H2,1-3H3. The predicted octanol–water partition coefficient (Wildman–Crippen LogP) is 2.54. The van der Waals surface area contributed by atoms with Gasteiger partial charge in [0, 0.05) is 0 Å². The molecule has 0 fully saturated rings. The summed E-state index contributed by atoms with van der Waals surface area (Å²) in [7, 11) is 0. The van der Waals surface area contributed by atoms with E-state index in [4.69, 9.17) is 4.74 Å². The number of carbonyl (C=O) groups excluding carboxylic acids is 1. The van der Waals surface area contributed by atoms with Crippen molar-refractivity contribution in [2.75, 3.05) is 6.61 Å². The molecule has 0 bridgehead atoms. The Kier molecular flexibility index (Phi) is 3.55. The SMILES string of the molecule is CCOC(=O)Oc1cc(C)c(O)c(C)c1. The van der Waals surface area contributed by atoms with Crippen molar-refractivity contribution >= 4 is 6.16 Å². The maximum atomic E-state index is 11.0. The van der Waals surface area contributed by atoms with Crippen LogP contribution < -0.4 is 4.74 Å². The maximum Gasteiger partial charge on any atom is 0.513 e. The van der Waals surface area contributed by atoms with Gasteiger partial charge in [0.2, 0.25) is 0 Å². The molecular formula is C11H14O4. The molecule has 0 aliphatic carbocycles. The molecule has 1 N–H and O–H groups in total. The Hall–Kier alpha value is -1.71. The fourth-order valence-corrected chi connectivity index (χ4v) is 1.22. The van der Waals surface area contributed by atoms with Crippen LogP contribution >= 0.6 is 0 Å². The van der Waals surface area contributed by atoms with E-state index >= 15 is 0 Å². The molecular weight excluding hydrogens is 196 g/mol. The Labute approximate surface area is 88.4 Å². The molecule has 0 aliphatic rings. The third kappa shape index (κ3) is 2.87. The van der Waals surface area contributed by atoms with Gasteiger partial charge in [0.15, 0.2) is 0 Å². The first-order chi connectivity index (χ1) is 7.04. The molecule has 15 heavy (non-hydrogen) atoms. The summed E-state index contributed by atoms with van der Waals surface area (Å²) < 4.78 is 9.53. The van der Waals surface area contributed by atoms with Gasteiger partial charge < -0.3 is 14.6 Å². The van der Waals surface area contributed by atoms with Crippen LogP contribution in [0.4, 0.5) is 4.79 Å². The van der Waals surface area contributed by atoms with Crippen molar-refractivity contribution < 1.29 is 19.4 Å². The van der Waals surface area contributed by atoms with Crippen molar-refractivity contribution in [1.82, 2.24) is 0 Å². The minimum atomic E-state index is -0.734. The third-order valence-electron chi connectivity index (χ3n) is 1.93. The van der Waals surface area contributed by atoms with Gasteiger partial charge in [0.25, 0.3) is 0 Å². The number of carbonyl (C=O) groups is 1. The Bertz CT molecular complexity index is 348. The first kappa shape index (κ1) is 11.4. The Balaban J connectivity index is 2.83. The highest BCUT2D eigenvalue weighted by Gasteiger charge is 2.08. The number of ether oxygens (including phenoxy) is 2. The lowest BCUT2D eigenvalue weighted by Crippen LogP contribution is -2.10. The number of rotatable bonds is 2. The summed E-state index contributed by atoms with van der Waals surface area (Å²) in [5, 5.41) is 9.50. The fraction of sp³-hybridized carbons (Fsp3) is 0.364. The van der Waals surface area contributed by atoms with Crippen LogP contribution in [0.15, 0.2) is 12.1 Å². The lowest BCUT2D eigenvalue weighted by Gasteiger charge is -2.08. The lowest BCUT2D eigenvalue weighted by atomic mass is 10.1. The molecule has 0 heterocycles. The van der Waals surface area contributed by atoms with Crippen molar-refractivity contribution in [3.8, 4) is 11.5 Å². The first-order valence-corrected chi connectivity index (χ1v) is 4.69. The van der Waals surface area contributed by atoms with E-state index in [0.29, 0.717) is 16.9 Å². The van der Waals surface area contributed by atoms with Crippen molar-refractivity contribution in [3.05, 3.63) is 23.3 Å². The summed E-state index contributed by atoms with van der Waals surface area (Å²) in [6.07, 6.45) is -0.734. The van der Waals surface area contributed by atoms with Crippen LogP contribution in [0.1, 0.15) is 18.1 Å². The summed E-state index contributed by atoms with van der Waals surface area (Å²) in [5.74, 6) is 0.590. The lowest BCUT2D eigenvalue weighted by molar-refractivity contribution is 0.104. The van der Waals surface area contributed by atoms with Crippen LogP contribution in [-0.4, -0.2) is 17.9 Å². The molecule has 0 saturated carbocycles. The Morgan fingerprint density at radius 1 is 1.33 bits per heavy atom. The van der Waals surface area contributed by atoms with E-state index < -0.39 is 6.16 Å². The molecule has 82 valence electrons. The van der Waals surface area contributed by atoms with E-state index in [0.717, 1.165) is 0 Å². The molecule has 0 amide bonds. The van der Waals surface area contributed by atoms with Crippen LogP contribution in [0, 0.1) is 13.8 Å². The van der Waals surface area contributed by atoms with Gasteiger partial charge in [-0.15, -0.1) is 0 Å². The van der Waals surface area contributed by atoms with Gasteiger partial charge in [-0.05, 0) is 44.0 Å². The molecule has 4 heteroatoms. The van der Waals surface area contributed by atoms with Crippen LogP contribution in [-0.2, 0) is 4.74 Å². The molecule has 0 atom stereocenters. The molecule has 0 aliphatic heterocycles. The minimum Gasteiger partial charge on any atom is -0.507 e. The number of hydrogen-bond donors (Lipinski definition) is 1. The van der Waals surface area contributed by atoms with Crippen LogP contribution in [0.5, 0.6) is 11.5 Å². The third-order valence-corrected chi connectivity index (χ3v) is 1.93. The monoisotopic (exact) mass is 210 g/mol. The second-order valence-corrected chi connectivity index (χ2v) is 3.19. The van der Waals surface area contributed by atoms with Gasteiger partial charge in [-0.25, -0.2) is 4.79 Å². The zero-order chi connectivity index (χ0) is 11.4. The Morgan fingerprint density at radius 3 is 2.33 bits per heavy atom. The van der Waals surface area contributed by atoms with E-state index in [1.54, 1.807) is 32.9 Å². The predicted molar refractivity (Wildman–Crippen MR) is 55.2 cm³/mol. The first-order valence-electron chi connectivity index (χ1n) is 4.69. The summed E-state index contributed by atoms with van der Waals surface area (Å²) in [6.45, 7) is 5.45. The van der Waals surface area contributed by atoms with Crippen molar-refractivity contribution in [1.29, 1.82) is 0 Å². The molecule has 4 nitrogen and oxygen atoms in total. The van der Waals surface area contributed by atoms with Crippen LogP contribution in [0.3, 0.4) is 0 Å². The number of phenolic OH excluding ortho intramolecular Hbond substituents is 1. The second kappa shape index (κ2) is 4.68. The highest BCUT2D eigenvalue weighted by Crippen LogP contribution is 2.27. The van der Waals surface area contributed by atoms with Gasteiger partial charge in [0.05, 0.1) is 6.61 Å². The number of aromatic hydroxyl groups is 1. The topological polar surface area (TPSA) is 55.8 Å². The number of aryl methyl sites for hydroxylation is 2. The summed E-state index contributed by atoms with van der Waals surface area (Å²) in [6, 6.07) is 3.17. The molecule has 0 radical (unpaired) electrons.